The van der Waals surface area contributed by atoms with Crippen LogP contribution in [0.15, 0.2) is 42.6 Å². The summed E-state index contributed by atoms with van der Waals surface area (Å²) < 4.78 is 0. The van der Waals surface area contributed by atoms with Crippen molar-refractivity contribution in [2.45, 2.75) is 25.8 Å². The average molecular weight is 338 g/mol. The third kappa shape index (κ3) is 2.85. The van der Waals surface area contributed by atoms with Crippen molar-refractivity contribution in [2.24, 2.45) is 0 Å². The van der Waals surface area contributed by atoms with Crippen LogP contribution < -0.4 is 5.32 Å². The predicted molar refractivity (Wildman–Crippen MR) is 95.2 cm³/mol. The number of benzene rings is 2. The molecular formula is C19H16ClN3O. The van der Waals surface area contributed by atoms with Gasteiger partial charge in [0.1, 0.15) is 0 Å². The maximum atomic E-state index is 12.3. The highest BCUT2D eigenvalue weighted by molar-refractivity contribution is 6.34. The summed E-state index contributed by atoms with van der Waals surface area (Å²) in [6, 6.07) is 12.1. The van der Waals surface area contributed by atoms with E-state index >= 15 is 0 Å². The average Bonchev–Trinajstić information content (AvgIpc) is 3.39. The summed E-state index contributed by atoms with van der Waals surface area (Å²) in [6.45, 7) is 2.04. The van der Waals surface area contributed by atoms with Gasteiger partial charge in [0.15, 0.2) is 5.15 Å². The Kier molecular flexibility index (Phi) is 3.69. The lowest BCUT2D eigenvalue weighted by atomic mass is 9.96. The molecule has 4 rings (SSSR count). The Balaban J connectivity index is 1.76. The molecule has 0 unspecified atom stereocenters. The number of rotatable bonds is 3. The van der Waals surface area contributed by atoms with E-state index in [-0.39, 0.29) is 5.91 Å². The highest BCUT2D eigenvalue weighted by Gasteiger charge is 2.24. The molecule has 24 heavy (non-hydrogen) atoms. The summed E-state index contributed by atoms with van der Waals surface area (Å²) in [5.41, 5.74) is 3.87. The standard InChI is InChI=1S/C19H16ClN3O/c1-11-2-3-13(19(24)22-15-5-6-15)9-17(11)12-4-7-16-14(8-12)10-21-23-18(16)20/h2-4,7-10,15H,5-6H2,1H3,(H,22,24). The molecule has 1 fully saturated rings. The Bertz CT molecular complexity index is 950. The molecule has 4 nitrogen and oxygen atoms in total. The third-order valence-corrected chi connectivity index (χ3v) is 4.62. The molecule has 5 heteroatoms. The van der Waals surface area contributed by atoms with Crippen LogP contribution in [0.25, 0.3) is 21.9 Å². The second-order valence-corrected chi connectivity index (χ2v) is 6.57. The number of nitrogens with one attached hydrogen (secondary N) is 1. The fourth-order valence-electron chi connectivity index (χ4n) is 2.79. The van der Waals surface area contributed by atoms with E-state index in [2.05, 4.69) is 15.5 Å². The first kappa shape index (κ1) is 15.1. The van der Waals surface area contributed by atoms with E-state index in [0.29, 0.717) is 16.8 Å². The van der Waals surface area contributed by atoms with Gasteiger partial charge in [-0.1, -0.05) is 29.8 Å². The van der Waals surface area contributed by atoms with Crippen LogP contribution in [0.5, 0.6) is 0 Å². The zero-order valence-corrected chi connectivity index (χ0v) is 14.0. The molecule has 0 aliphatic heterocycles. The predicted octanol–water partition coefficient (Wildman–Crippen LogP) is 4.15. The van der Waals surface area contributed by atoms with E-state index in [1.165, 1.54) is 0 Å². The second kappa shape index (κ2) is 5.87. The number of hydrogen-bond acceptors (Lipinski definition) is 3. The molecule has 1 aliphatic rings. The minimum atomic E-state index is -0.00606. The first-order valence-electron chi connectivity index (χ1n) is 7.94. The summed E-state index contributed by atoms with van der Waals surface area (Å²) in [6.07, 6.45) is 3.86. The Morgan fingerprint density at radius 2 is 2.04 bits per heavy atom. The van der Waals surface area contributed by atoms with Crippen molar-refractivity contribution in [1.29, 1.82) is 0 Å². The topological polar surface area (TPSA) is 54.9 Å². The van der Waals surface area contributed by atoms with Crippen LogP contribution >= 0.6 is 11.6 Å². The van der Waals surface area contributed by atoms with Gasteiger partial charge in [-0.15, -0.1) is 5.10 Å². The van der Waals surface area contributed by atoms with Crippen LogP contribution in [0, 0.1) is 6.92 Å². The second-order valence-electron chi connectivity index (χ2n) is 6.21. The third-order valence-electron chi connectivity index (χ3n) is 4.34. The Morgan fingerprint density at radius 1 is 1.21 bits per heavy atom. The van der Waals surface area contributed by atoms with Crippen molar-refractivity contribution in [3.05, 3.63) is 58.9 Å². The molecule has 2 aromatic carbocycles. The van der Waals surface area contributed by atoms with Crippen LogP contribution in [-0.2, 0) is 0 Å². The number of carbonyl (C=O) groups excluding carboxylic acids is 1. The molecular weight excluding hydrogens is 322 g/mol. The SMILES string of the molecule is Cc1ccc(C(=O)NC2CC2)cc1-c1ccc2c(Cl)nncc2c1. The molecule has 0 bridgehead atoms. The van der Waals surface area contributed by atoms with E-state index in [0.717, 1.165) is 40.3 Å². The largest absolute Gasteiger partial charge is 0.349 e. The van der Waals surface area contributed by atoms with Gasteiger partial charge >= 0.3 is 0 Å². The van der Waals surface area contributed by atoms with Gasteiger partial charge in [0, 0.05) is 22.4 Å². The summed E-state index contributed by atoms with van der Waals surface area (Å²) in [7, 11) is 0. The summed E-state index contributed by atoms with van der Waals surface area (Å²) in [5.74, 6) is -0.00606. The molecule has 0 spiro atoms. The molecule has 1 heterocycles. The van der Waals surface area contributed by atoms with E-state index in [1.807, 2.05) is 43.3 Å². The Hall–Kier alpha value is -2.46. The van der Waals surface area contributed by atoms with Crippen LogP contribution in [0.3, 0.4) is 0 Å². The minimum absolute atomic E-state index is 0.00606. The van der Waals surface area contributed by atoms with Gasteiger partial charge in [-0.3, -0.25) is 4.79 Å². The van der Waals surface area contributed by atoms with Crippen molar-refractivity contribution < 1.29 is 4.79 Å². The molecule has 0 atom stereocenters. The summed E-state index contributed by atoms with van der Waals surface area (Å²) >= 11 is 6.08. The lowest BCUT2D eigenvalue weighted by Crippen LogP contribution is -2.25. The van der Waals surface area contributed by atoms with Crippen molar-refractivity contribution in [3.8, 4) is 11.1 Å². The molecule has 0 saturated heterocycles. The van der Waals surface area contributed by atoms with Crippen LogP contribution in [0.4, 0.5) is 0 Å². The van der Waals surface area contributed by atoms with Crippen LogP contribution in [0.2, 0.25) is 5.15 Å². The molecule has 120 valence electrons. The van der Waals surface area contributed by atoms with E-state index in [4.69, 9.17) is 11.6 Å². The Labute approximate surface area is 144 Å². The number of carbonyl (C=O) groups is 1. The van der Waals surface area contributed by atoms with Gasteiger partial charge < -0.3 is 5.32 Å². The fraction of sp³-hybridized carbons (Fsp3) is 0.211. The van der Waals surface area contributed by atoms with E-state index in [1.54, 1.807) is 6.20 Å². The number of halogens is 1. The van der Waals surface area contributed by atoms with Gasteiger partial charge in [-0.05, 0) is 54.7 Å². The van der Waals surface area contributed by atoms with E-state index in [9.17, 15) is 4.79 Å². The fourth-order valence-corrected chi connectivity index (χ4v) is 3.01. The number of hydrogen-bond donors (Lipinski definition) is 1. The van der Waals surface area contributed by atoms with E-state index < -0.39 is 0 Å². The first-order valence-corrected chi connectivity index (χ1v) is 8.32. The Morgan fingerprint density at radius 3 is 2.83 bits per heavy atom. The number of fused-ring (bicyclic) bond motifs is 1. The molecule has 1 saturated carbocycles. The highest BCUT2D eigenvalue weighted by Crippen LogP contribution is 2.30. The molecule has 3 aromatic rings. The zero-order chi connectivity index (χ0) is 16.7. The molecule has 1 aromatic heterocycles. The number of aromatic nitrogens is 2. The molecule has 0 radical (unpaired) electrons. The van der Waals surface area contributed by atoms with Crippen molar-refractivity contribution in [1.82, 2.24) is 15.5 Å². The quantitative estimate of drug-likeness (QED) is 0.781. The summed E-state index contributed by atoms with van der Waals surface area (Å²) in [4.78, 5) is 12.3. The lowest BCUT2D eigenvalue weighted by Gasteiger charge is -2.11. The van der Waals surface area contributed by atoms with Crippen molar-refractivity contribution in [3.63, 3.8) is 0 Å². The number of aryl methyl sites for hydroxylation is 1. The monoisotopic (exact) mass is 337 g/mol. The zero-order valence-electron chi connectivity index (χ0n) is 13.2. The van der Waals surface area contributed by atoms with Crippen LogP contribution in [0.1, 0.15) is 28.8 Å². The lowest BCUT2D eigenvalue weighted by molar-refractivity contribution is 0.0951. The number of amides is 1. The van der Waals surface area contributed by atoms with Gasteiger partial charge in [0.2, 0.25) is 0 Å². The molecule has 1 aliphatic carbocycles. The van der Waals surface area contributed by atoms with Gasteiger partial charge in [-0.25, -0.2) is 0 Å². The van der Waals surface area contributed by atoms with Crippen molar-refractivity contribution >= 4 is 28.3 Å². The minimum Gasteiger partial charge on any atom is -0.349 e. The molecule has 1 N–H and O–H groups in total. The van der Waals surface area contributed by atoms with Gasteiger partial charge in [0.05, 0.1) is 6.20 Å². The normalized spacial score (nSPS) is 13.9. The van der Waals surface area contributed by atoms with Crippen LogP contribution in [-0.4, -0.2) is 22.1 Å². The number of nitrogens with zero attached hydrogens (tertiary/aromatic N) is 2. The highest BCUT2D eigenvalue weighted by atomic mass is 35.5. The van der Waals surface area contributed by atoms with Crippen molar-refractivity contribution in [2.75, 3.05) is 0 Å². The maximum absolute atomic E-state index is 12.3. The smallest absolute Gasteiger partial charge is 0.251 e. The molecule has 1 amide bonds. The first-order chi connectivity index (χ1) is 11.6. The summed E-state index contributed by atoms with van der Waals surface area (Å²) in [5, 5.41) is 13.0. The maximum Gasteiger partial charge on any atom is 0.251 e. The van der Waals surface area contributed by atoms with Gasteiger partial charge in [-0.2, -0.15) is 5.10 Å². The van der Waals surface area contributed by atoms with Gasteiger partial charge in [0.25, 0.3) is 5.91 Å².